The Balaban J connectivity index is 2.09. The molecule has 78 valence electrons. The Hall–Kier alpha value is -0.870. The zero-order chi connectivity index (χ0) is 10.2. The first-order chi connectivity index (χ1) is 6.83. The van der Waals surface area contributed by atoms with E-state index in [2.05, 4.69) is 17.6 Å². The molecule has 1 rings (SSSR count). The molecule has 0 radical (unpaired) electrons. The lowest BCUT2D eigenvalue weighted by atomic mass is 10.3. The minimum absolute atomic E-state index is 0.0599. The number of thiophene rings is 1. The van der Waals surface area contributed by atoms with Gasteiger partial charge < -0.3 is 10.6 Å². The van der Waals surface area contributed by atoms with Crippen LogP contribution in [0.2, 0.25) is 0 Å². The average Bonchev–Trinajstić information content (AvgIpc) is 2.68. The first kappa shape index (κ1) is 11.2. The van der Waals surface area contributed by atoms with E-state index in [0.717, 1.165) is 13.0 Å². The maximum absolute atomic E-state index is 11.2. The summed E-state index contributed by atoms with van der Waals surface area (Å²) in [4.78, 5) is 11.2. The second kappa shape index (κ2) is 6.56. The van der Waals surface area contributed by atoms with Crippen LogP contribution in [0.4, 0.5) is 0 Å². The Morgan fingerprint density at radius 1 is 1.57 bits per heavy atom. The molecule has 1 aromatic heterocycles. The first-order valence-corrected chi connectivity index (χ1v) is 5.75. The second-order valence-corrected chi connectivity index (χ2v) is 3.87. The molecular weight excluding hydrogens is 196 g/mol. The summed E-state index contributed by atoms with van der Waals surface area (Å²) in [6.45, 7) is 4.02. The maximum atomic E-state index is 11.2. The molecule has 0 aliphatic rings. The molecule has 4 heteroatoms. The Kier molecular flexibility index (Phi) is 5.25. The predicted molar refractivity (Wildman–Crippen MR) is 59.3 cm³/mol. The van der Waals surface area contributed by atoms with Crippen molar-refractivity contribution in [2.75, 3.05) is 13.1 Å². The molecule has 0 unspecified atom stereocenters. The van der Waals surface area contributed by atoms with Crippen LogP contribution in [0.3, 0.4) is 0 Å². The molecule has 3 nitrogen and oxygen atoms in total. The highest BCUT2D eigenvalue weighted by Gasteiger charge is 1.99. The summed E-state index contributed by atoms with van der Waals surface area (Å²) in [6.07, 6.45) is 1.05. The summed E-state index contributed by atoms with van der Waals surface area (Å²) in [5.41, 5.74) is 1.17. The van der Waals surface area contributed by atoms with Crippen LogP contribution in [0.15, 0.2) is 16.8 Å². The number of rotatable bonds is 6. The van der Waals surface area contributed by atoms with Gasteiger partial charge in [0.05, 0.1) is 6.54 Å². The van der Waals surface area contributed by atoms with Crippen LogP contribution in [0.5, 0.6) is 0 Å². The zero-order valence-electron chi connectivity index (χ0n) is 8.38. The standard InChI is InChI=1S/C10H16N2OS/c1-2-4-11-7-10(13)12-6-9-3-5-14-8-9/h3,5,8,11H,2,4,6-7H2,1H3,(H,12,13). The summed E-state index contributed by atoms with van der Waals surface area (Å²) in [6, 6.07) is 2.02. The lowest BCUT2D eigenvalue weighted by molar-refractivity contribution is -0.120. The number of hydrogen-bond donors (Lipinski definition) is 2. The predicted octanol–water partition coefficient (Wildman–Crippen LogP) is 1.36. The molecule has 0 aromatic carbocycles. The monoisotopic (exact) mass is 212 g/mol. The van der Waals surface area contributed by atoms with E-state index in [-0.39, 0.29) is 5.91 Å². The first-order valence-electron chi connectivity index (χ1n) is 4.81. The van der Waals surface area contributed by atoms with Crippen LogP contribution in [-0.2, 0) is 11.3 Å². The van der Waals surface area contributed by atoms with E-state index < -0.39 is 0 Å². The van der Waals surface area contributed by atoms with Gasteiger partial charge in [0.1, 0.15) is 0 Å². The van der Waals surface area contributed by atoms with E-state index in [1.54, 1.807) is 11.3 Å². The molecule has 1 heterocycles. The van der Waals surface area contributed by atoms with Crippen molar-refractivity contribution in [1.29, 1.82) is 0 Å². The Bertz CT molecular complexity index is 259. The minimum Gasteiger partial charge on any atom is -0.351 e. The quantitative estimate of drug-likeness (QED) is 0.699. The van der Waals surface area contributed by atoms with Crippen molar-refractivity contribution >= 4 is 17.2 Å². The van der Waals surface area contributed by atoms with Crippen molar-refractivity contribution in [2.24, 2.45) is 0 Å². The van der Waals surface area contributed by atoms with E-state index in [4.69, 9.17) is 0 Å². The molecule has 0 bridgehead atoms. The average molecular weight is 212 g/mol. The lowest BCUT2D eigenvalue weighted by Crippen LogP contribution is -2.33. The fraction of sp³-hybridized carbons (Fsp3) is 0.500. The summed E-state index contributed by atoms with van der Waals surface area (Å²) in [5.74, 6) is 0.0599. The van der Waals surface area contributed by atoms with Gasteiger partial charge in [-0.25, -0.2) is 0 Å². The van der Waals surface area contributed by atoms with Crippen LogP contribution in [-0.4, -0.2) is 19.0 Å². The maximum Gasteiger partial charge on any atom is 0.234 e. The van der Waals surface area contributed by atoms with E-state index in [1.807, 2.05) is 16.8 Å². The van der Waals surface area contributed by atoms with Gasteiger partial charge in [-0.15, -0.1) is 0 Å². The summed E-state index contributed by atoms with van der Waals surface area (Å²) >= 11 is 1.65. The molecule has 0 aliphatic carbocycles. The number of carbonyl (C=O) groups excluding carboxylic acids is 1. The van der Waals surface area contributed by atoms with Crippen LogP contribution < -0.4 is 10.6 Å². The molecule has 0 atom stereocenters. The van der Waals surface area contributed by atoms with Crippen LogP contribution in [0.1, 0.15) is 18.9 Å². The fourth-order valence-corrected chi connectivity index (χ4v) is 1.70. The number of amides is 1. The molecule has 0 spiro atoms. The molecule has 0 aliphatic heterocycles. The number of nitrogens with one attached hydrogen (secondary N) is 2. The topological polar surface area (TPSA) is 41.1 Å². The van der Waals surface area contributed by atoms with E-state index in [9.17, 15) is 4.79 Å². The zero-order valence-corrected chi connectivity index (χ0v) is 9.19. The van der Waals surface area contributed by atoms with Gasteiger partial charge in [-0.3, -0.25) is 4.79 Å². The molecule has 2 N–H and O–H groups in total. The normalized spacial score (nSPS) is 10.1. The molecule has 1 amide bonds. The summed E-state index contributed by atoms with van der Waals surface area (Å²) in [5, 5.41) is 9.96. The summed E-state index contributed by atoms with van der Waals surface area (Å²) < 4.78 is 0. The smallest absolute Gasteiger partial charge is 0.234 e. The van der Waals surface area contributed by atoms with Crippen molar-refractivity contribution in [2.45, 2.75) is 19.9 Å². The van der Waals surface area contributed by atoms with Crippen LogP contribution >= 0.6 is 11.3 Å². The van der Waals surface area contributed by atoms with E-state index >= 15 is 0 Å². The molecule has 1 aromatic rings. The highest BCUT2D eigenvalue weighted by molar-refractivity contribution is 7.07. The van der Waals surface area contributed by atoms with Gasteiger partial charge in [0.15, 0.2) is 0 Å². The largest absolute Gasteiger partial charge is 0.351 e. The number of carbonyl (C=O) groups is 1. The van der Waals surface area contributed by atoms with E-state index in [0.29, 0.717) is 13.1 Å². The molecule has 0 fully saturated rings. The van der Waals surface area contributed by atoms with Crippen molar-refractivity contribution in [1.82, 2.24) is 10.6 Å². The molecule has 14 heavy (non-hydrogen) atoms. The lowest BCUT2D eigenvalue weighted by Gasteiger charge is -2.04. The van der Waals surface area contributed by atoms with Gasteiger partial charge in [-0.1, -0.05) is 6.92 Å². The van der Waals surface area contributed by atoms with Gasteiger partial charge >= 0.3 is 0 Å². The number of hydrogen-bond acceptors (Lipinski definition) is 3. The second-order valence-electron chi connectivity index (χ2n) is 3.09. The SMILES string of the molecule is CCCNCC(=O)NCc1ccsc1. The Morgan fingerprint density at radius 3 is 3.07 bits per heavy atom. The Labute approximate surface area is 88.5 Å². The van der Waals surface area contributed by atoms with Crippen molar-refractivity contribution < 1.29 is 4.79 Å². The molecule has 0 saturated heterocycles. The van der Waals surface area contributed by atoms with Crippen molar-refractivity contribution in [3.8, 4) is 0 Å². The van der Waals surface area contributed by atoms with Gasteiger partial charge in [0, 0.05) is 6.54 Å². The van der Waals surface area contributed by atoms with E-state index in [1.165, 1.54) is 5.56 Å². The van der Waals surface area contributed by atoms with Gasteiger partial charge in [-0.2, -0.15) is 11.3 Å². The van der Waals surface area contributed by atoms with Crippen molar-refractivity contribution in [3.05, 3.63) is 22.4 Å². The third-order valence-electron chi connectivity index (χ3n) is 1.78. The Morgan fingerprint density at radius 2 is 2.43 bits per heavy atom. The van der Waals surface area contributed by atoms with Crippen LogP contribution in [0.25, 0.3) is 0 Å². The molecular formula is C10H16N2OS. The minimum atomic E-state index is 0.0599. The van der Waals surface area contributed by atoms with Gasteiger partial charge in [0.25, 0.3) is 0 Å². The fourth-order valence-electron chi connectivity index (χ4n) is 1.04. The van der Waals surface area contributed by atoms with Gasteiger partial charge in [0.2, 0.25) is 5.91 Å². The third-order valence-corrected chi connectivity index (χ3v) is 2.51. The highest BCUT2D eigenvalue weighted by Crippen LogP contribution is 2.04. The summed E-state index contributed by atoms with van der Waals surface area (Å²) in [7, 11) is 0. The third kappa shape index (κ3) is 4.39. The molecule has 0 saturated carbocycles. The van der Waals surface area contributed by atoms with Crippen LogP contribution in [0, 0.1) is 0 Å². The van der Waals surface area contributed by atoms with Gasteiger partial charge in [-0.05, 0) is 35.4 Å². The highest BCUT2D eigenvalue weighted by atomic mass is 32.1. The van der Waals surface area contributed by atoms with Crippen molar-refractivity contribution in [3.63, 3.8) is 0 Å².